The maximum absolute atomic E-state index is 5.06. The zero-order valence-corrected chi connectivity index (χ0v) is 35.2. The normalized spacial score (nSPS) is 11.8. The molecule has 13 rings (SSSR count). The van der Waals surface area contributed by atoms with E-state index in [2.05, 4.69) is 193 Å². The Kier molecular flexibility index (Phi) is 8.19. The molecule has 0 amide bonds. The van der Waals surface area contributed by atoms with Gasteiger partial charge in [0.05, 0.1) is 20.4 Å². The summed E-state index contributed by atoms with van der Waals surface area (Å²) in [6, 6.07) is 67.4. The summed E-state index contributed by atoms with van der Waals surface area (Å²) < 4.78 is 4.62. The number of rotatable bonds is 6. The van der Waals surface area contributed by atoms with Gasteiger partial charge in [0.2, 0.25) is 0 Å². The first kappa shape index (κ1) is 35.9. The summed E-state index contributed by atoms with van der Waals surface area (Å²) in [5, 5.41) is 9.66. The third-order valence-electron chi connectivity index (χ3n) is 12.2. The molecule has 0 aliphatic carbocycles. The van der Waals surface area contributed by atoms with Crippen molar-refractivity contribution in [1.29, 1.82) is 0 Å². The van der Waals surface area contributed by atoms with Crippen LogP contribution in [0, 0.1) is 0 Å². The third kappa shape index (κ3) is 6.12. The van der Waals surface area contributed by atoms with E-state index in [4.69, 9.17) is 19.9 Å². The van der Waals surface area contributed by atoms with Crippen molar-refractivity contribution < 1.29 is 0 Å². The first-order valence-corrected chi connectivity index (χ1v) is 22.6. The number of benzene rings is 9. The highest BCUT2D eigenvalue weighted by Gasteiger charge is 2.17. The van der Waals surface area contributed by atoms with Crippen LogP contribution in [0.4, 0.5) is 17.1 Å². The van der Waals surface area contributed by atoms with Gasteiger partial charge in [0, 0.05) is 60.8 Å². The molecule has 0 bridgehead atoms. The molecular weight excluding hydrogens is 807 g/mol. The van der Waals surface area contributed by atoms with Crippen LogP contribution in [0.2, 0.25) is 0 Å². The molecule has 4 heterocycles. The molecule has 5 nitrogen and oxygen atoms in total. The lowest BCUT2D eigenvalue weighted by Gasteiger charge is -2.26. The fourth-order valence-corrected chi connectivity index (χ4v) is 11.0. The number of nitrogens with zero attached hydrogens (tertiary/aromatic N) is 5. The van der Waals surface area contributed by atoms with Crippen molar-refractivity contribution in [3.63, 3.8) is 0 Å². The van der Waals surface area contributed by atoms with Crippen molar-refractivity contribution in [1.82, 2.24) is 19.9 Å². The van der Waals surface area contributed by atoms with Crippen molar-refractivity contribution in [2.75, 3.05) is 4.90 Å². The largest absolute Gasteiger partial charge is 0.310 e. The Labute approximate surface area is 369 Å². The standard InChI is InChI=1S/C56H33N5S2/c1-2-8-37-29-38(14-13-34(37)7-1)39-21-27-45-40(30-39)15-16-41-31-44(26-28-46(41)45)61(42-22-17-35(18-23-42)55-57-32-51-53(59-55)47-9-3-5-11-49(47)62-51)43-24-19-36(20-25-43)56-58-33-52-54(60-56)48-10-4-6-12-50(48)63-52/h1-33H. The molecule has 294 valence electrons. The number of hydrogen-bond acceptors (Lipinski definition) is 7. The number of thiophene rings is 2. The first-order valence-electron chi connectivity index (χ1n) is 20.9. The molecule has 0 fully saturated rings. The lowest BCUT2D eigenvalue weighted by molar-refractivity contribution is 1.23. The molecule has 0 aliphatic heterocycles. The van der Waals surface area contributed by atoms with Gasteiger partial charge in [0.25, 0.3) is 0 Å². The molecular formula is C56H33N5S2. The average Bonchev–Trinajstić information content (AvgIpc) is 3.92. The van der Waals surface area contributed by atoms with Gasteiger partial charge >= 0.3 is 0 Å². The number of aromatic nitrogens is 4. The summed E-state index contributed by atoms with van der Waals surface area (Å²) in [5.41, 5.74) is 9.46. The number of anilines is 3. The van der Waals surface area contributed by atoms with Gasteiger partial charge in [-0.3, -0.25) is 0 Å². The van der Waals surface area contributed by atoms with Crippen LogP contribution in [0.15, 0.2) is 200 Å². The van der Waals surface area contributed by atoms with Gasteiger partial charge in [-0.25, -0.2) is 19.9 Å². The molecule has 0 radical (unpaired) electrons. The third-order valence-corrected chi connectivity index (χ3v) is 14.4. The Balaban J connectivity index is 0.891. The van der Waals surface area contributed by atoms with E-state index in [1.165, 1.54) is 52.8 Å². The van der Waals surface area contributed by atoms with Gasteiger partial charge in [-0.2, -0.15) is 0 Å². The zero-order chi connectivity index (χ0) is 41.4. The average molecular weight is 840 g/mol. The molecule has 0 saturated heterocycles. The van der Waals surface area contributed by atoms with E-state index < -0.39 is 0 Å². The molecule has 7 heteroatoms. The van der Waals surface area contributed by atoms with Gasteiger partial charge in [0.1, 0.15) is 0 Å². The van der Waals surface area contributed by atoms with Crippen molar-refractivity contribution in [2.45, 2.75) is 0 Å². The number of hydrogen-bond donors (Lipinski definition) is 0. The minimum atomic E-state index is 0.713. The Morgan fingerprint density at radius 1 is 0.317 bits per heavy atom. The molecule has 4 aromatic heterocycles. The van der Waals surface area contributed by atoms with Crippen LogP contribution in [0.25, 0.3) is 107 Å². The van der Waals surface area contributed by atoms with Crippen molar-refractivity contribution in [3.8, 4) is 33.9 Å². The highest BCUT2D eigenvalue weighted by Crippen LogP contribution is 2.41. The predicted octanol–water partition coefficient (Wildman–Crippen LogP) is 15.9. The molecule has 0 unspecified atom stereocenters. The van der Waals surface area contributed by atoms with E-state index in [1.54, 1.807) is 22.7 Å². The highest BCUT2D eigenvalue weighted by molar-refractivity contribution is 7.26. The second-order valence-corrected chi connectivity index (χ2v) is 18.1. The Morgan fingerprint density at radius 3 is 1.37 bits per heavy atom. The summed E-state index contributed by atoms with van der Waals surface area (Å²) in [6.07, 6.45) is 3.91. The van der Waals surface area contributed by atoms with Crippen molar-refractivity contribution in [2.24, 2.45) is 0 Å². The maximum atomic E-state index is 5.06. The Morgan fingerprint density at radius 2 is 0.762 bits per heavy atom. The van der Waals surface area contributed by atoms with Crippen LogP contribution in [0.5, 0.6) is 0 Å². The predicted molar refractivity (Wildman–Crippen MR) is 267 cm³/mol. The van der Waals surface area contributed by atoms with Crippen LogP contribution in [-0.2, 0) is 0 Å². The Bertz CT molecular complexity index is 3770. The minimum absolute atomic E-state index is 0.713. The van der Waals surface area contributed by atoms with Crippen molar-refractivity contribution in [3.05, 3.63) is 200 Å². The van der Waals surface area contributed by atoms with E-state index in [9.17, 15) is 0 Å². The summed E-state index contributed by atoms with van der Waals surface area (Å²) in [7, 11) is 0. The van der Waals surface area contributed by atoms with E-state index >= 15 is 0 Å². The zero-order valence-electron chi connectivity index (χ0n) is 33.6. The van der Waals surface area contributed by atoms with Gasteiger partial charge in [-0.15, -0.1) is 22.7 Å². The fraction of sp³-hybridized carbons (Fsp3) is 0. The van der Waals surface area contributed by atoms with Crippen molar-refractivity contribution >= 4 is 113 Å². The van der Waals surface area contributed by atoms with E-state index in [0.29, 0.717) is 11.6 Å². The second kappa shape index (κ2) is 14.4. The molecule has 0 N–H and O–H groups in total. The van der Waals surface area contributed by atoms with Gasteiger partial charge in [-0.05, 0) is 128 Å². The van der Waals surface area contributed by atoms with Crippen LogP contribution in [0.1, 0.15) is 0 Å². The quantitative estimate of drug-likeness (QED) is 0.156. The van der Waals surface area contributed by atoms with Gasteiger partial charge < -0.3 is 4.90 Å². The Hall–Kier alpha value is -7.84. The van der Waals surface area contributed by atoms with Crippen LogP contribution in [0.3, 0.4) is 0 Å². The van der Waals surface area contributed by atoms with E-state index in [-0.39, 0.29) is 0 Å². The summed E-state index contributed by atoms with van der Waals surface area (Å²) in [4.78, 5) is 22.0. The van der Waals surface area contributed by atoms with Crippen LogP contribution < -0.4 is 4.90 Å². The fourth-order valence-electron chi connectivity index (χ4n) is 9.01. The van der Waals surface area contributed by atoms with E-state index in [0.717, 1.165) is 59.4 Å². The van der Waals surface area contributed by atoms with Gasteiger partial charge in [0.15, 0.2) is 11.6 Å². The monoisotopic (exact) mass is 839 g/mol. The number of fused-ring (bicyclic) bond motifs is 10. The molecule has 0 atom stereocenters. The molecule has 0 saturated carbocycles. The lowest BCUT2D eigenvalue weighted by Crippen LogP contribution is -2.10. The summed E-state index contributed by atoms with van der Waals surface area (Å²) in [5.74, 6) is 1.43. The molecule has 0 aliphatic rings. The van der Waals surface area contributed by atoms with Crippen LogP contribution >= 0.6 is 22.7 Å². The molecule has 9 aromatic carbocycles. The second-order valence-electron chi connectivity index (χ2n) is 15.9. The smallest absolute Gasteiger partial charge is 0.159 e. The maximum Gasteiger partial charge on any atom is 0.159 e. The summed E-state index contributed by atoms with van der Waals surface area (Å²) >= 11 is 3.46. The first-order chi connectivity index (χ1) is 31.2. The minimum Gasteiger partial charge on any atom is -0.310 e. The van der Waals surface area contributed by atoms with Crippen LogP contribution in [-0.4, -0.2) is 19.9 Å². The van der Waals surface area contributed by atoms with Gasteiger partial charge in [-0.1, -0.05) is 103 Å². The lowest BCUT2D eigenvalue weighted by atomic mass is 9.96. The van der Waals surface area contributed by atoms with E-state index in [1.807, 2.05) is 12.4 Å². The summed E-state index contributed by atoms with van der Waals surface area (Å²) in [6.45, 7) is 0. The highest BCUT2D eigenvalue weighted by atomic mass is 32.1. The SMILES string of the molecule is c1ccc2cc(-c3ccc4c(ccc5cc(N(c6ccc(-c7ncc8sc9ccccc9c8n7)cc6)c6ccc(-c7ncc8sc9ccccc9c8n7)cc6)ccc54)c3)ccc2c1. The molecule has 13 aromatic rings. The topological polar surface area (TPSA) is 54.8 Å². The molecule has 0 spiro atoms. The molecule has 63 heavy (non-hydrogen) atoms.